The van der Waals surface area contributed by atoms with E-state index in [4.69, 9.17) is 0 Å². The lowest BCUT2D eigenvalue weighted by Crippen LogP contribution is -2.31. The second-order valence-electron chi connectivity index (χ2n) is 4.63. The first-order valence-electron chi connectivity index (χ1n) is 6.56. The summed E-state index contributed by atoms with van der Waals surface area (Å²) in [6.07, 6.45) is 0.718. The minimum atomic E-state index is -0.0536. The van der Waals surface area contributed by atoms with Gasteiger partial charge in [-0.25, -0.2) is 4.98 Å². The molecule has 1 aromatic carbocycles. The third-order valence-electron chi connectivity index (χ3n) is 3.29. The number of hydrogen-bond donors (Lipinski definition) is 0. The van der Waals surface area contributed by atoms with Gasteiger partial charge in [0.15, 0.2) is 0 Å². The van der Waals surface area contributed by atoms with Crippen molar-refractivity contribution in [2.45, 2.75) is 17.9 Å². The van der Waals surface area contributed by atoms with Crippen molar-refractivity contribution in [3.8, 4) is 0 Å². The summed E-state index contributed by atoms with van der Waals surface area (Å²) >= 11 is 1.57. The molecule has 1 aliphatic rings. The van der Waals surface area contributed by atoms with Crippen LogP contribution in [0.25, 0.3) is 10.9 Å². The van der Waals surface area contributed by atoms with Crippen LogP contribution in [0.2, 0.25) is 0 Å². The van der Waals surface area contributed by atoms with Gasteiger partial charge in [-0.1, -0.05) is 24.3 Å². The number of hydrogen-bond acceptors (Lipinski definition) is 4. The number of rotatable bonds is 4. The van der Waals surface area contributed by atoms with Crippen LogP contribution in [0.1, 0.15) is 12.8 Å². The quantitative estimate of drug-likeness (QED) is 0.640. The fourth-order valence-corrected chi connectivity index (χ4v) is 3.05. The summed E-state index contributed by atoms with van der Waals surface area (Å²) in [7, 11) is 0. The fourth-order valence-electron chi connectivity index (χ4n) is 2.24. The van der Waals surface area contributed by atoms with Crippen LogP contribution < -0.4 is 0 Å². The molecule has 3 rings (SSSR count). The van der Waals surface area contributed by atoms with Gasteiger partial charge < -0.3 is 0 Å². The first-order chi connectivity index (χ1) is 9.74. The number of amides is 2. The zero-order chi connectivity index (χ0) is 13.9. The largest absolute Gasteiger partial charge is 0.282 e. The summed E-state index contributed by atoms with van der Waals surface area (Å²) in [4.78, 5) is 28.9. The molecule has 0 atom stereocenters. The molecule has 1 saturated heterocycles. The number of likely N-dealkylation sites (tertiary alicyclic amines) is 1. The lowest BCUT2D eigenvalue weighted by molar-refractivity contribution is -0.137. The molecule has 1 aromatic heterocycles. The zero-order valence-electron chi connectivity index (χ0n) is 10.9. The Morgan fingerprint density at radius 3 is 2.60 bits per heavy atom. The Morgan fingerprint density at radius 1 is 1.05 bits per heavy atom. The van der Waals surface area contributed by atoms with E-state index in [9.17, 15) is 9.59 Å². The van der Waals surface area contributed by atoms with E-state index in [1.165, 1.54) is 4.90 Å². The molecular formula is C15H14N2O2S. The summed E-state index contributed by atoms with van der Waals surface area (Å²) < 4.78 is 0. The van der Waals surface area contributed by atoms with Crippen molar-refractivity contribution in [1.82, 2.24) is 9.88 Å². The topological polar surface area (TPSA) is 50.3 Å². The number of nitrogens with zero attached hydrogens (tertiary/aromatic N) is 2. The Labute approximate surface area is 121 Å². The number of carbonyl (C=O) groups is 2. The number of pyridine rings is 1. The van der Waals surface area contributed by atoms with Crippen molar-refractivity contribution < 1.29 is 9.59 Å². The first-order valence-corrected chi connectivity index (χ1v) is 7.54. The molecule has 5 heteroatoms. The van der Waals surface area contributed by atoms with Crippen LogP contribution in [0.3, 0.4) is 0 Å². The van der Waals surface area contributed by atoms with Crippen molar-refractivity contribution in [3.05, 3.63) is 36.4 Å². The number of fused-ring (bicyclic) bond motifs is 1. The van der Waals surface area contributed by atoms with E-state index in [-0.39, 0.29) is 11.8 Å². The van der Waals surface area contributed by atoms with Crippen molar-refractivity contribution in [3.63, 3.8) is 0 Å². The second-order valence-corrected chi connectivity index (χ2v) is 5.74. The average Bonchev–Trinajstić information content (AvgIpc) is 2.79. The second kappa shape index (κ2) is 5.63. The van der Waals surface area contributed by atoms with Crippen LogP contribution in [-0.2, 0) is 9.59 Å². The van der Waals surface area contributed by atoms with Crippen LogP contribution in [0.5, 0.6) is 0 Å². The van der Waals surface area contributed by atoms with Gasteiger partial charge in [0.05, 0.1) is 10.5 Å². The van der Waals surface area contributed by atoms with E-state index < -0.39 is 0 Å². The van der Waals surface area contributed by atoms with Gasteiger partial charge in [0.2, 0.25) is 11.8 Å². The predicted molar refractivity (Wildman–Crippen MR) is 78.4 cm³/mol. The molecule has 0 bridgehead atoms. The molecule has 102 valence electrons. The third-order valence-corrected chi connectivity index (χ3v) is 4.20. The van der Waals surface area contributed by atoms with E-state index in [1.54, 1.807) is 11.8 Å². The lowest BCUT2D eigenvalue weighted by Gasteiger charge is -2.12. The molecule has 20 heavy (non-hydrogen) atoms. The monoisotopic (exact) mass is 286 g/mol. The van der Waals surface area contributed by atoms with Crippen LogP contribution in [0.15, 0.2) is 41.4 Å². The number of thioether (sulfide) groups is 1. The normalized spacial score (nSPS) is 15.3. The number of para-hydroxylation sites is 1. The third kappa shape index (κ3) is 2.67. The SMILES string of the molecule is O=C1CCC(=O)N1CCSc1ccc2ccccc2n1. The molecule has 2 aromatic rings. The van der Waals surface area contributed by atoms with Gasteiger partial charge in [-0.2, -0.15) is 0 Å². The van der Waals surface area contributed by atoms with E-state index in [2.05, 4.69) is 4.98 Å². The summed E-state index contributed by atoms with van der Waals surface area (Å²) in [5.74, 6) is 0.576. The standard InChI is InChI=1S/C15H14N2O2S/c18-14-7-8-15(19)17(14)9-10-20-13-6-5-11-3-1-2-4-12(11)16-13/h1-6H,7-10H2. The molecule has 2 heterocycles. The maximum absolute atomic E-state index is 11.5. The van der Waals surface area contributed by atoms with Crippen LogP contribution in [-0.4, -0.2) is 34.0 Å². The van der Waals surface area contributed by atoms with Crippen LogP contribution >= 0.6 is 11.8 Å². The minimum Gasteiger partial charge on any atom is -0.282 e. The summed E-state index contributed by atoms with van der Waals surface area (Å²) in [5.41, 5.74) is 0.964. The molecule has 0 radical (unpaired) electrons. The van der Waals surface area contributed by atoms with Gasteiger partial charge >= 0.3 is 0 Å². The highest BCUT2D eigenvalue weighted by molar-refractivity contribution is 7.99. The summed E-state index contributed by atoms with van der Waals surface area (Å²) in [6, 6.07) is 12.0. The number of imide groups is 1. The van der Waals surface area contributed by atoms with Gasteiger partial charge in [-0.05, 0) is 12.1 Å². The molecule has 0 aliphatic carbocycles. The minimum absolute atomic E-state index is 0.0536. The molecule has 4 nitrogen and oxygen atoms in total. The lowest BCUT2D eigenvalue weighted by atomic mass is 10.2. The maximum Gasteiger partial charge on any atom is 0.229 e. The first kappa shape index (κ1) is 13.1. The van der Waals surface area contributed by atoms with Gasteiger partial charge in [0, 0.05) is 30.5 Å². The van der Waals surface area contributed by atoms with Crippen molar-refractivity contribution >= 4 is 34.5 Å². The summed E-state index contributed by atoms with van der Waals surface area (Å²) in [6.45, 7) is 0.469. The van der Waals surface area contributed by atoms with Crippen molar-refractivity contribution in [2.75, 3.05) is 12.3 Å². The molecule has 1 fully saturated rings. The average molecular weight is 286 g/mol. The van der Waals surface area contributed by atoms with Crippen molar-refractivity contribution in [1.29, 1.82) is 0 Å². The predicted octanol–water partition coefficient (Wildman–Crippen LogP) is 2.48. The van der Waals surface area contributed by atoms with E-state index >= 15 is 0 Å². The Morgan fingerprint density at radius 2 is 1.80 bits per heavy atom. The van der Waals surface area contributed by atoms with Gasteiger partial charge in [-0.15, -0.1) is 11.8 Å². The Bertz CT molecular complexity index is 656. The Kier molecular flexibility index (Phi) is 3.69. The van der Waals surface area contributed by atoms with Gasteiger partial charge in [-0.3, -0.25) is 14.5 Å². The highest BCUT2D eigenvalue weighted by Gasteiger charge is 2.28. The van der Waals surface area contributed by atoms with E-state index in [0.717, 1.165) is 15.9 Å². The van der Waals surface area contributed by atoms with E-state index in [1.807, 2.05) is 36.4 Å². The molecular weight excluding hydrogens is 272 g/mol. The van der Waals surface area contributed by atoms with Crippen LogP contribution in [0.4, 0.5) is 0 Å². The number of aromatic nitrogens is 1. The fraction of sp³-hybridized carbons (Fsp3) is 0.267. The molecule has 0 saturated carbocycles. The molecule has 0 spiro atoms. The molecule has 0 unspecified atom stereocenters. The highest BCUT2D eigenvalue weighted by atomic mass is 32.2. The molecule has 2 amide bonds. The Hall–Kier alpha value is -1.88. The highest BCUT2D eigenvalue weighted by Crippen LogP contribution is 2.21. The number of carbonyl (C=O) groups excluding carboxylic acids is 2. The van der Waals surface area contributed by atoms with E-state index in [0.29, 0.717) is 25.1 Å². The maximum atomic E-state index is 11.5. The molecule has 1 aliphatic heterocycles. The smallest absolute Gasteiger partial charge is 0.229 e. The summed E-state index contributed by atoms with van der Waals surface area (Å²) in [5, 5.41) is 2.03. The molecule has 0 N–H and O–H groups in total. The van der Waals surface area contributed by atoms with Gasteiger partial charge in [0.1, 0.15) is 0 Å². The Balaban J connectivity index is 1.62. The van der Waals surface area contributed by atoms with Crippen LogP contribution in [0, 0.1) is 0 Å². The van der Waals surface area contributed by atoms with Gasteiger partial charge in [0.25, 0.3) is 0 Å². The van der Waals surface area contributed by atoms with Crippen molar-refractivity contribution in [2.24, 2.45) is 0 Å². The number of benzene rings is 1. The zero-order valence-corrected chi connectivity index (χ0v) is 11.7.